The molecule has 0 fully saturated rings. The van der Waals surface area contributed by atoms with E-state index in [2.05, 4.69) is 135 Å². The van der Waals surface area contributed by atoms with Crippen molar-refractivity contribution in [2.75, 3.05) is 4.90 Å². The molecule has 0 radical (unpaired) electrons. The Morgan fingerprint density at radius 1 is 0.886 bits per heavy atom. The van der Waals surface area contributed by atoms with E-state index in [-0.39, 0.29) is 6.04 Å². The number of rotatable bonds is 4. The summed E-state index contributed by atoms with van der Waals surface area (Å²) in [7, 11) is 0. The van der Waals surface area contributed by atoms with Crippen LogP contribution in [0.5, 0.6) is 0 Å². The molecule has 35 heavy (non-hydrogen) atoms. The molecule has 3 heterocycles. The maximum Gasteiger partial charge on any atom is 0.139 e. The molecule has 0 amide bonds. The summed E-state index contributed by atoms with van der Waals surface area (Å²) in [4.78, 5) is 12.1. The zero-order valence-corrected chi connectivity index (χ0v) is 20.7. The van der Waals surface area contributed by atoms with E-state index in [1.807, 2.05) is 18.5 Å². The summed E-state index contributed by atoms with van der Waals surface area (Å²) in [5.74, 6) is 0.926. The molecule has 0 spiro atoms. The van der Waals surface area contributed by atoms with Gasteiger partial charge in [0.25, 0.3) is 0 Å². The average Bonchev–Trinajstić information content (AvgIpc) is 3.30. The van der Waals surface area contributed by atoms with Crippen molar-refractivity contribution in [3.8, 4) is 0 Å². The number of allylic oxidation sites excluding steroid dienone is 5. The van der Waals surface area contributed by atoms with Gasteiger partial charge < -0.3 is 4.90 Å². The van der Waals surface area contributed by atoms with Crippen LogP contribution < -0.4 is 4.90 Å². The van der Waals surface area contributed by atoms with Crippen LogP contribution in [0, 0.1) is 0 Å². The van der Waals surface area contributed by atoms with Crippen LogP contribution in [0.15, 0.2) is 137 Å². The summed E-state index contributed by atoms with van der Waals surface area (Å²) in [6.07, 6.45) is 20.3. The van der Waals surface area contributed by atoms with Crippen LogP contribution in [-0.2, 0) is 5.54 Å². The highest BCUT2D eigenvalue weighted by Gasteiger charge is 2.48. The van der Waals surface area contributed by atoms with Gasteiger partial charge in [-0.15, -0.1) is 0 Å². The number of aliphatic imine (C=N–C) groups is 1. The van der Waals surface area contributed by atoms with Gasteiger partial charge >= 0.3 is 0 Å². The number of benzene rings is 2. The van der Waals surface area contributed by atoms with Crippen LogP contribution in [0.2, 0.25) is 0 Å². The Morgan fingerprint density at radius 2 is 1.63 bits per heavy atom. The van der Waals surface area contributed by atoms with Crippen LogP contribution in [0.3, 0.4) is 0 Å². The van der Waals surface area contributed by atoms with E-state index in [9.17, 15) is 0 Å². The van der Waals surface area contributed by atoms with Gasteiger partial charge in [-0.2, -0.15) is 0 Å². The van der Waals surface area contributed by atoms with Gasteiger partial charge in [0.1, 0.15) is 16.0 Å². The van der Waals surface area contributed by atoms with Gasteiger partial charge in [-0.3, -0.25) is 4.99 Å². The van der Waals surface area contributed by atoms with E-state index in [0.29, 0.717) is 0 Å². The Labute approximate surface area is 214 Å². The summed E-state index contributed by atoms with van der Waals surface area (Å²) in [5, 5.41) is 0. The van der Waals surface area contributed by atoms with Crippen molar-refractivity contribution in [1.82, 2.24) is 4.98 Å². The van der Waals surface area contributed by atoms with E-state index in [1.54, 1.807) is 0 Å². The molecule has 0 saturated heterocycles. The predicted molar refractivity (Wildman–Crippen MR) is 148 cm³/mol. The maximum absolute atomic E-state index is 5.09. The SMILES string of the molecule is Brc1ccc2c(n1)N(C(C1=CC=CCC=C1)(c1ccccc1)c1ccccc1)C1C=CN=CC2=C1. The van der Waals surface area contributed by atoms with Crippen LogP contribution in [0.4, 0.5) is 5.82 Å². The Kier molecular flexibility index (Phi) is 5.67. The second-order valence-electron chi connectivity index (χ2n) is 8.74. The van der Waals surface area contributed by atoms with Gasteiger partial charge in [0.15, 0.2) is 0 Å². The summed E-state index contributed by atoms with van der Waals surface area (Å²) < 4.78 is 0.807. The summed E-state index contributed by atoms with van der Waals surface area (Å²) in [5.41, 5.74) is 5.07. The molecule has 170 valence electrons. The number of aromatic nitrogens is 1. The lowest BCUT2D eigenvalue weighted by Gasteiger charge is -2.51. The van der Waals surface area contributed by atoms with Crippen molar-refractivity contribution in [1.29, 1.82) is 0 Å². The molecule has 1 atom stereocenters. The molecule has 1 unspecified atom stereocenters. The number of pyridine rings is 1. The van der Waals surface area contributed by atoms with Crippen molar-refractivity contribution in [3.63, 3.8) is 0 Å². The predicted octanol–water partition coefficient (Wildman–Crippen LogP) is 7.40. The second kappa shape index (κ2) is 9.12. The summed E-state index contributed by atoms with van der Waals surface area (Å²) in [6, 6.07) is 25.6. The van der Waals surface area contributed by atoms with Crippen molar-refractivity contribution < 1.29 is 0 Å². The fraction of sp³-hybridized carbons (Fsp3) is 0.0968. The highest BCUT2D eigenvalue weighted by molar-refractivity contribution is 9.10. The van der Waals surface area contributed by atoms with Crippen molar-refractivity contribution in [2.45, 2.75) is 18.0 Å². The van der Waals surface area contributed by atoms with Gasteiger partial charge in [-0.1, -0.05) is 91.0 Å². The first-order valence-corrected chi connectivity index (χ1v) is 12.6. The third-order valence-corrected chi connectivity index (χ3v) is 7.20. The molecule has 2 aromatic carbocycles. The molecular formula is C31H24BrN3. The van der Waals surface area contributed by atoms with E-state index < -0.39 is 5.54 Å². The third-order valence-electron chi connectivity index (χ3n) is 6.76. The molecule has 3 aromatic rings. The smallest absolute Gasteiger partial charge is 0.139 e. The zero-order chi connectivity index (χ0) is 23.7. The van der Waals surface area contributed by atoms with Crippen molar-refractivity contribution >= 4 is 33.5 Å². The number of hydrogen-bond donors (Lipinski definition) is 0. The topological polar surface area (TPSA) is 28.5 Å². The molecule has 2 bridgehead atoms. The van der Waals surface area contributed by atoms with Gasteiger partial charge in [0.05, 0.1) is 6.04 Å². The van der Waals surface area contributed by atoms with E-state index >= 15 is 0 Å². The molecule has 3 nitrogen and oxygen atoms in total. The molecule has 2 aliphatic heterocycles. The minimum atomic E-state index is -0.641. The normalized spacial score (nSPS) is 18.4. The second-order valence-corrected chi connectivity index (χ2v) is 9.55. The highest BCUT2D eigenvalue weighted by Crippen LogP contribution is 2.50. The lowest BCUT2D eigenvalue weighted by molar-refractivity contribution is 0.537. The van der Waals surface area contributed by atoms with Crippen LogP contribution in [-0.4, -0.2) is 17.2 Å². The van der Waals surface area contributed by atoms with E-state index in [0.717, 1.165) is 28.0 Å². The molecule has 1 aliphatic carbocycles. The first kappa shape index (κ1) is 21.8. The largest absolute Gasteiger partial charge is 0.328 e. The Balaban J connectivity index is 1.76. The zero-order valence-electron chi connectivity index (χ0n) is 19.1. The quantitative estimate of drug-likeness (QED) is 0.337. The molecule has 3 aliphatic rings. The van der Waals surface area contributed by atoms with Gasteiger partial charge in [-0.25, -0.2) is 4.98 Å². The van der Waals surface area contributed by atoms with Gasteiger partial charge in [0.2, 0.25) is 0 Å². The molecular weight excluding hydrogens is 494 g/mol. The van der Waals surface area contributed by atoms with Crippen molar-refractivity contribution in [2.24, 2.45) is 4.99 Å². The lowest BCUT2D eigenvalue weighted by atomic mass is 9.73. The summed E-state index contributed by atoms with van der Waals surface area (Å²) in [6.45, 7) is 0. The molecule has 4 heteroatoms. The lowest BCUT2D eigenvalue weighted by Crippen LogP contribution is -2.54. The fourth-order valence-electron chi connectivity index (χ4n) is 5.32. The van der Waals surface area contributed by atoms with Gasteiger partial charge in [0, 0.05) is 23.6 Å². The number of anilines is 1. The van der Waals surface area contributed by atoms with Crippen LogP contribution in [0.1, 0.15) is 23.1 Å². The molecule has 6 rings (SSSR count). The number of fused-ring (bicyclic) bond motifs is 3. The van der Waals surface area contributed by atoms with E-state index in [1.165, 1.54) is 16.7 Å². The third kappa shape index (κ3) is 3.65. The monoisotopic (exact) mass is 517 g/mol. The first-order valence-electron chi connectivity index (χ1n) is 11.8. The minimum absolute atomic E-state index is 0.0521. The molecule has 0 N–H and O–H groups in total. The minimum Gasteiger partial charge on any atom is -0.328 e. The van der Waals surface area contributed by atoms with Crippen LogP contribution in [0.25, 0.3) is 5.57 Å². The molecule has 0 saturated carbocycles. The number of halogens is 1. The standard InChI is InChI=1S/C31H24BrN3/c32-29-18-17-28-23-21-27(19-20-33-22-23)35(30(28)34-29)31(25-13-7-3-8-14-25,26-15-9-4-10-16-26)24-11-5-1-2-6-12-24/h1,3-22,27H,2H2. The number of nitrogens with zero attached hydrogens (tertiary/aromatic N) is 3. The van der Waals surface area contributed by atoms with E-state index in [4.69, 9.17) is 4.98 Å². The molecule has 1 aromatic heterocycles. The van der Waals surface area contributed by atoms with Crippen molar-refractivity contribution in [3.05, 3.63) is 148 Å². The van der Waals surface area contributed by atoms with Crippen LogP contribution >= 0.6 is 15.9 Å². The first-order chi connectivity index (χ1) is 17.3. The number of hydrogen-bond acceptors (Lipinski definition) is 3. The fourth-order valence-corrected chi connectivity index (χ4v) is 5.62. The highest BCUT2D eigenvalue weighted by atomic mass is 79.9. The Bertz CT molecular complexity index is 1390. The summed E-state index contributed by atoms with van der Waals surface area (Å²) >= 11 is 3.66. The van der Waals surface area contributed by atoms with Gasteiger partial charge in [-0.05, 0) is 63.3 Å². The average molecular weight is 518 g/mol. The Morgan fingerprint density at radius 3 is 2.37 bits per heavy atom. The maximum atomic E-state index is 5.09. The Hall–Kier alpha value is -3.76.